The molecule has 0 amide bonds. The molecule has 1 aromatic carbocycles. The summed E-state index contributed by atoms with van der Waals surface area (Å²) in [5.74, 6) is 0.842. The minimum atomic E-state index is 0.333. The maximum absolute atomic E-state index is 5.82. The molecule has 0 heterocycles. The van der Waals surface area contributed by atoms with Gasteiger partial charge in [0.2, 0.25) is 0 Å². The molecular weight excluding hydrogens is 222 g/mol. The molecule has 1 aliphatic rings. The number of aryl methyl sites for hydroxylation is 1. The van der Waals surface area contributed by atoms with Crippen molar-refractivity contribution in [2.45, 2.75) is 39.2 Å². The second-order valence-corrected chi connectivity index (χ2v) is 5.19. The number of nitrogens with one attached hydrogen (secondary N) is 1. The van der Waals surface area contributed by atoms with Gasteiger partial charge in [0.15, 0.2) is 0 Å². The summed E-state index contributed by atoms with van der Waals surface area (Å²) in [4.78, 5) is 0. The molecular formula is C16H25NO. The zero-order valence-electron chi connectivity index (χ0n) is 11.6. The van der Waals surface area contributed by atoms with E-state index in [-0.39, 0.29) is 0 Å². The molecule has 1 fully saturated rings. The van der Waals surface area contributed by atoms with Crippen molar-refractivity contribution in [3.63, 3.8) is 0 Å². The normalized spacial score (nSPS) is 16.8. The Morgan fingerprint density at radius 2 is 1.94 bits per heavy atom. The highest BCUT2D eigenvalue weighted by atomic mass is 16.5. The average molecular weight is 247 g/mol. The summed E-state index contributed by atoms with van der Waals surface area (Å²) in [6, 6.07) is 9.24. The fourth-order valence-corrected chi connectivity index (χ4v) is 2.14. The first-order valence-corrected chi connectivity index (χ1v) is 7.23. The van der Waals surface area contributed by atoms with Gasteiger partial charge in [-0.1, -0.05) is 38.1 Å². The van der Waals surface area contributed by atoms with Crippen molar-refractivity contribution in [1.29, 1.82) is 0 Å². The average Bonchev–Trinajstić information content (AvgIpc) is 3.22. The maximum Gasteiger partial charge on any atom is 0.0661 e. The number of ether oxygens (including phenoxy) is 1. The monoisotopic (exact) mass is 247 g/mol. The molecule has 2 rings (SSSR count). The van der Waals surface area contributed by atoms with Crippen LogP contribution in [0.2, 0.25) is 0 Å². The molecule has 0 spiro atoms. The van der Waals surface area contributed by atoms with Gasteiger partial charge in [-0.05, 0) is 42.9 Å². The number of benzene rings is 1. The van der Waals surface area contributed by atoms with E-state index in [0.717, 1.165) is 32.1 Å². The van der Waals surface area contributed by atoms with Crippen LogP contribution in [0.1, 0.15) is 43.9 Å². The van der Waals surface area contributed by atoms with E-state index in [0.29, 0.717) is 6.04 Å². The molecule has 2 heteroatoms. The lowest BCUT2D eigenvalue weighted by Crippen LogP contribution is -2.25. The molecule has 0 aliphatic heterocycles. The summed E-state index contributed by atoms with van der Waals surface area (Å²) in [6.45, 7) is 7.04. The van der Waals surface area contributed by atoms with Crippen LogP contribution >= 0.6 is 0 Å². The first-order chi connectivity index (χ1) is 8.83. The van der Waals surface area contributed by atoms with Gasteiger partial charge >= 0.3 is 0 Å². The first-order valence-electron chi connectivity index (χ1n) is 7.23. The predicted molar refractivity (Wildman–Crippen MR) is 75.8 cm³/mol. The molecule has 1 saturated carbocycles. The van der Waals surface area contributed by atoms with Crippen LogP contribution in [0, 0.1) is 5.92 Å². The third-order valence-electron chi connectivity index (χ3n) is 3.58. The Hall–Kier alpha value is -0.860. The topological polar surface area (TPSA) is 21.3 Å². The van der Waals surface area contributed by atoms with Gasteiger partial charge in [0, 0.05) is 6.61 Å². The van der Waals surface area contributed by atoms with Crippen LogP contribution < -0.4 is 5.32 Å². The summed E-state index contributed by atoms with van der Waals surface area (Å²) in [5, 5.41) is 3.51. The van der Waals surface area contributed by atoms with Crippen LogP contribution in [0.25, 0.3) is 0 Å². The highest BCUT2D eigenvalue weighted by Crippen LogP contribution is 2.29. The van der Waals surface area contributed by atoms with Crippen LogP contribution in [0.3, 0.4) is 0 Å². The third kappa shape index (κ3) is 4.11. The second kappa shape index (κ2) is 6.91. The van der Waals surface area contributed by atoms with Gasteiger partial charge in [-0.2, -0.15) is 0 Å². The van der Waals surface area contributed by atoms with Gasteiger partial charge in [0.25, 0.3) is 0 Å². The highest BCUT2D eigenvalue weighted by molar-refractivity contribution is 5.25. The molecule has 2 nitrogen and oxygen atoms in total. The molecule has 1 atom stereocenters. The van der Waals surface area contributed by atoms with Gasteiger partial charge in [0.1, 0.15) is 0 Å². The Bertz CT molecular complexity index is 343. The molecule has 0 aromatic heterocycles. The SMILES string of the molecule is CCNC(COCC1CC1)c1ccc(CC)cc1. The van der Waals surface area contributed by atoms with Crippen LogP contribution in [-0.4, -0.2) is 19.8 Å². The Morgan fingerprint density at radius 1 is 1.22 bits per heavy atom. The van der Waals surface area contributed by atoms with Gasteiger partial charge in [-0.3, -0.25) is 0 Å². The van der Waals surface area contributed by atoms with Crippen LogP contribution in [-0.2, 0) is 11.2 Å². The number of hydrogen-bond acceptors (Lipinski definition) is 2. The van der Waals surface area contributed by atoms with E-state index in [4.69, 9.17) is 4.74 Å². The highest BCUT2D eigenvalue weighted by Gasteiger charge is 2.22. The minimum Gasteiger partial charge on any atom is -0.379 e. The zero-order chi connectivity index (χ0) is 12.8. The smallest absolute Gasteiger partial charge is 0.0661 e. The van der Waals surface area contributed by atoms with Gasteiger partial charge in [-0.15, -0.1) is 0 Å². The second-order valence-electron chi connectivity index (χ2n) is 5.19. The predicted octanol–water partition coefficient (Wildman–Crippen LogP) is 3.33. The third-order valence-corrected chi connectivity index (χ3v) is 3.58. The molecule has 1 aliphatic carbocycles. The van der Waals surface area contributed by atoms with Crippen LogP contribution in [0.4, 0.5) is 0 Å². The van der Waals surface area contributed by atoms with Crippen molar-refractivity contribution in [3.8, 4) is 0 Å². The van der Waals surface area contributed by atoms with Gasteiger partial charge < -0.3 is 10.1 Å². The van der Waals surface area contributed by atoms with Crippen molar-refractivity contribution in [1.82, 2.24) is 5.32 Å². The van der Waals surface area contributed by atoms with E-state index >= 15 is 0 Å². The van der Waals surface area contributed by atoms with Crippen LogP contribution in [0.15, 0.2) is 24.3 Å². The molecule has 0 radical (unpaired) electrons. The number of rotatable bonds is 8. The van der Waals surface area contributed by atoms with Gasteiger partial charge in [-0.25, -0.2) is 0 Å². The zero-order valence-corrected chi connectivity index (χ0v) is 11.6. The molecule has 1 aromatic rings. The molecule has 0 saturated heterocycles. The van der Waals surface area contributed by atoms with E-state index in [9.17, 15) is 0 Å². The van der Waals surface area contributed by atoms with E-state index < -0.39 is 0 Å². The van der Waals surface area contributed by atoms with Crippen molar-refractivity contribution in [2.24, 2.45) is 5.92 Å². The number of hydrogen-bond donors (Lipinski definition) is 1. The van der Waals surface area contributed by atoms with E-state index in [1.54, 1.807) is 0 Å². The molecule has 18 heavy (non-hydrogen) atoms. The minimum absolute atomic E-state index is 0.333. The summed E-state index contributed by atoms with van der Waals surface area (Å²) in [5.41, 5.74) is 2.73. The Morgan fingerprint density at radius 3 is 2.50 bits per heavy atom. The number of likely N-dealkylation sites (N-methyl/N-ethyl adjacent to an activating group) is 1. The van der Waals surface area contributed by atoms with Crippen molar-refractivity contribution in [3.05, 3.63) is 35.4 Å². The van der Waals surface area contributed by atoms with Crippen LogP contribution in [0.5, 0.6) is 0 Å². The van der Waals surface area contributed by atoms with Crippen molar-refractivity contribution in [2.75, 3.05) is 19.8 Å². The lowest BCUT2D eigenvalue weighted by molar-refractivity contribution is 0.103. The summed E-state index contributed by atoms with van der Waals surface area (Å²) in [7, 11) is 0. The maximum atomic E-state index is 5.82. The molecule has 1 unspecified atom stereocenters. The fourth-order valence-electron chi connectivity index (χ4n) is 2.14. The summed E-state index contributed by atoms with van der Waals surface area (Å²) in [6.07, 6.45) is 3.82. The quantitative estimate of drug-likeness (QED) is 0.761. The summed E-state index contributed by atoms with van der Waals surface area (Å²) >= 11 is 0. The van der Waals surface area contributed by atoms with Crippen molar-refractivity contribution < 1.29 is 4.74 Å². The van der Waals surface area contributed by atoms with E-state index in [2.05, 4.69) is 43.4 Å². The van der Waals surface area contributed by atoms with Crippen molar-refractivity contribution >= 4 is 0 Å². The van der Waals surface area contributed by atoms with Gasteiger partial charge in [0.05, 0.1) is 12.6 Å². The first kappa shape index (κ1) is 13.6. The molecule has 100 valence electrons. The Labute approximate surface area is 111 Å². The van der Waals surface area contributed by atoms with E-state index in [1.807, 2.05) is 0 Å². The standard InChI is InChI=1S/C16H25NO/c1-3-13-7-9-15(10-8-13)16(17-4-2)12-18-11-14-5-6-14/h7-10,14,16-17H,3-6,11-12H2,1-2H3. The lowest BCUT2D eigenvalue weighted by atomic mass is 10.0. The summed E-state index contributed by atoms with van der Waals surface area (Å²) < 4.78 is 5.82. The fraction of sp³-hybridized carbons (Fsp3) is 0.625. The van der Waals surface area contributed by atoms with E-state index in [1.165, 1.54) is 24.0 Å². The Kier molecular flexibility index (Phi) is 5.21. The Balaban J connectivity index is 1.88. The molecule has 1 N–H and O–H groups in total. The largest absolute Gasteiger partial charge is 0.379 e. The molecule has 0 bridgehead atoms. The lowest BCUT2D eigenvalue weighted by Gasteiger charge is -2.18.